The van der Waals surface area contributed by atoms with Gasteiger partial charge in [-0.2, -0.15) is 0 Å². The Morgan fingerprint density at radius 2 is 0.494 bits per heavy atom. The van der Waals surface area contributed by atoms with Crippen molar-refractivity contribution in [2.24, 2.45) is 5.73 Å². The number of unbranched alkanes of at least 4 members (excludes halogenated alkanes) is 64. The van der Waals surface area contributed by atoms with Crippen LogP contribution in [0, 0.1) is 0 Å². The van der Waals surface area contributed by atoms with Gasteiger partial charge in [0.05, 0.1) is 13.2 Å². The SMILES string of the molecule is CCCCCCCCCCCCCCCCCCCCCCCCCCCCCCCCCCCCCC(=O)OC(COC(=O)CCCCCCCCCCCCCCCCCCCCCCCCCCCCCCCCC)COP(=O)(O)OCCN. The first-order chi connectivity index (χ1) is 42.8. The van der Waals surface area contributed by atoms with Crippen molar-refractivity contribution >= 4 is 19.8 Å². The Hall–Kier alpha value is -0.990. The number of rotatable bonds is 77. The lowest BCUT2D eigenvalue weighted by molar-refractivity contribution is -0.161. The monoisotopic (exact) mass is 1250 g/mol. The molecular weight excluding hydrogens is 1100 g/mol. The van der Waals surface area contributed by atoms with E-state index in [2.05, 4.69) is 13.8 Å². The van der Waals surface area contributed by atoms with Crippen LogP contribution < -0.4 is 5.73 Å². The molecule has 0 spiro atoms. The van der Waals surface area contributed by atoms with Gasteiger partial charge < -0.3 is 20.1 Å². The molecule has 0 aromatic carbocycles. The average molecular weight is 1250 g/mol. The van der Waals surface area contributed by atoms with Crippen molar-refractivity contribution in [2.75, 3.05) is 26.4 Å². The van der Waals surface area contributed by atoms with E-state index in [1.165, 1.54) is 385 Å². The summed E-state index contributed by atoms with van der Waals surface area (Å²) in [6, 6.07) is 0. The molecule has 0 radical (unpaired) electrons. The number of carbonyl (C=O) groups is 2. The Morgan fingerprint density at radius 3 is 0.701 bits per heavy atom. The normalized spacial score (nSPS) is 12.7. The van der Waals surface area contributed by atoms with Crippen molar-refractivity contribution in [2.45, 2.75) is 457 Å². The minimum atomic E-state index is -4.39. The van der Waals surface area contributed by atoms with E-state index in [-0.39, 0.29) is 32.1 Å². The number of phosphoric ester groups is 1. The molecule has 0 aromatic rings. The lowest BCUT2D eigenvalue weighted by atomic mass is 10.0. The third-order valence-corrected chi connectivity index (χ3v) is 19.5. The molecule has 0 aromatic heterocycles. The van der Waals surface area contributed by atoms with E-state index >= 15 is 0 Å². The number of esters is 2. The van der Waals surface area contributed by atoms with E-state index in [0.717, 1.165) is 32.1 Å². The molecule has 3 N–H and O–H groups in total. The average Bonchev–Trinajstić information content (AvgIpc) is 3.64. The molecule has 2 unspecified atom stereocenters. The fourth-order valence-electron chi connectivity index (χ4n) is 12.6. The summed E-state index contributed by atoms with van der Waals surface area (Å²) in [6.45, 7) is 3.86. The van der Waals surface area contributed by atoms with Crippen LogP contribution >= 0.6 is 7.82 Å². The van der Waals surface area contributed by atoms with Gasteiger partial charge in [-0.05, 0) is 12.8 Å². The summed E-state index contributed by atoms with van der Waals surface area (Å²) in [5, 5.41) is 0. The van der Waals surface area contributed by atoms with Crippen LogP contribution in [0.2, 0.25) is 0 Å². The fourth-order valence-corrected chi connectivity index (χ4v) is 13.4. The summed E-state index contributed by atoms with van der Waals surface area (Å²) in [5.74, 6) is -0.794. The van der Waals surface area contributed by atoms with Gasteiger partial charge in [0.1, 0.15) is 6.61 Å². The van der Waals surface area contributed by atoms with Gasteiger partial charge in [0.25, 0.3) is 0 Å². The van der Waals surface area contributed by atoms with Crippen molar-refractivity contribution in [1.82, 2.24) is 0 Å². The van der Waals surface area contributed by atoms with Crippen molar-refractivity contribution < 1.29 is 37.6 Å². The topological polar surface area (TPSA) is 134 Å². The zero-order valence-electron chi connectivity index (χ0n) is 58.8. The molecule has 0 bridgehead atoms. The second kappa shape index (κ2) is 74.1. The van der Waals surface area contributed by atoms with E-state index in [1.807, 2.05) is 0 Å². The molecule has 0 saturated carbocycles. The van der Waals surface area contributed by atoms with E-state index in [9.17, 15) is 19.0 Å². The molecule has 0 heterocycles. The van der Waals surface area contributed by atoms with Crippen LogP contribution in [0.3, 0.4) is 0 Å². The van der Waals surface area contributed by atoms with Gasteiger partial charge in [-0.15, -0.1) is 0 Å². The van der Waals surface area contributed by atoms with Gasteiger partial charge in [0.15, 0.2) is 6.10 Å². The highest BCUT2D eigenvalue weighted by Gasteiger charge is 2.26. The molecule has 87 heavy (non-hydrogen) atoms. The summed E-state index contributed by atoms with van der Waals surface area (Å²) in [5.41, 5.74) is 5.41. The van der Waals surface area contributed by atoms with Crippen molar-refractivity contribution in [3.05, 3.63) is 0 Å². The second-order valence-corrected chi connectivity index (χ2v) is 28.8. The summed E-state index contributed by atoms with van der Waals surface area (Å²) in [6.07, 6.45) is 89.7. The van der Waals surface area contributed by atoms with Crippen LogP contribution in [0.4, 0.5) is 0 Å². The van der Waals surface area contributed by atoms with Crippen LogP contribution in [0.25, 0.3) is 0 Å². The molecule has 9 nitrogen and oxygen atoms in total. The van der Waals surface area contributed by atoms with Gasteiger partial charge in [0.2, 0.25) is 0 Å². The summed E-state index contributed by atoms with van der Waals surface area (Å²) in [4.78, 5) is 35.4. The lowest BCUT2D eigenvalue weighted by Crippen LogP contribution is -2.29. The van der Waals surface area contributed by atoms with Crippen molar-refractivity contribution in [3.63, 3.8) is 0 Å². The molecule has 0 fully saturated rings. The lowest BCUT2D eigenvalue weighted by Gasteiger charge is -2.19. The van der Waals surface area contributed by atoms with E-state index in [0.29, 0.717) is 12.8 Å². The van der Waals surface area contributed by atoms with Gasteiger partial charge in [-0.1, -0.05) is 425 Å². The molecule has 0 aliphatic carbocycles. The highest BCUT2D eigenvalue weighted by molar-refractivity contribution is 7.47. The maximum atomic E-state index is 12.8. The summed E-state index contributed by atoms with van der Waals surface area (Å²) >= 11 is 0. The second-order valence-electron chi connectivity index (χ2n) is 27.3. The summed E-state index contributed by atoms with van der Waals surface area (Å²) < 4.78 is 33.3. The number of hydrogen-bond acceptors (Lipinski definition) is 8. The largest absolute Gasteiger partial charge is 0.472 e. The van der Waals surface area contributed by atoms with Crippen LogP contribution in [-0.4, -0.2) is 49.3 Å². The van der Waals surface area contributed by atoms with Crippen molar-refractivity contribution in [1.29, 1.82) is 0 Å². The predicted molar refractivity (Wildman–Crippen MR) is 377 cm³/mol. The van der Waals surface area contributed by atoms with E-state index < -0.39 is 26.5 Å². The van der Waals surface area contributed by atoms with Gasteiger partial charge in [0, 0.05) is 19.4 Å². The first kappa shape index (κ1) is 86.0. The summed E-state index contributed by atoms with van der Waals surface area (Å²) in [7, 11) is -4.39. The van der Waals surface area contributed by atoms with Crippen LogP contribution in [0.15, 0.2) is 0 Å². The van der Waals surface area contributed by atoms with E-state index in [4.69, 9.17) is 24.3 Å². The van der Waals surface area contributed by atoms with Crippen LogP contribution in [0.1, 0.15) is 450 Å². The number of ether oxygens (including phenoxy) is 2. The number of hydrogen-bond donors (Lipinski definition) is 2. The minimum absolute atomic E-state index is 0.0590. The van der Waals surface area contributed by atoms with Gasteiger partial charge in [-0.3, -0.25) is 18.6 Å². The predicted octanol–water partition coefficient (Wildman–Crippen LogP) is 26.1. The van der Waals surface area contributed by atoms with E-state index in [1.54, 1.807) is 0 Å². The standard InChI is InChI=1S/C77H154NO8P/c1-3-5-7-9-11-13-15-17-19-21-23-25-27-29-31-33-35-36-37-38-40-42-44-46-48-50-52-54-56-58-60-62-64-66-68-70-77(80)86-75(74-85-87(81,82)84-72-71-78)73-83-76(79)69-67-65-63-61-59-57-55-53-51-49-47-45-43-41-39-34-32-30-28-26-24-22-20-18-16-14-12-10-8-6-4-2/h75H,3-74,78H2,1-2H3,(H,81,82). The molecular formula is C77H154NO8P. The maximum absolute atomic E-state index is 12.8. The highest BCUT2D eigenvalue weighted by atomic mass is 31.2. The zero-order chi connectivity index (χ0) is 63.0. The molecule has 2 atom stereocenters. The third-order valence-electron chi connectivity index (χ3n) is 18.5. The fraction of sp³-hybridized carbons (Fsp3) is 0.974. The Balaban J connectivity index is 3.73. The number of carbonyl (C=O) groups excluding carboxylic acids is 2. The zero-order valence-corrected chi connectivity index (χ0v) is 59.7. The molecule has 520 valence electrons. The molecule has 10 heteroatoms. The quantitative estimate of drug-likeness (QED) is 0.0347. The Labute approximate surface area is 543 Å². The maximum Gasteiger partial charge on any atom is 0.472 e. The third kappa shape index (κ3) is 73.9. The van der Waals surface area contributed by atoms with Crippen LogP contribution in [0.5, 0.6) is 0 Å². The molecule has 0 amide bonds. The van der Waals surface area contributed by atoms with Gasteiger partial charge in [-0.25, -0.2) is 4.57 Å². The van der Waals surface area contributed by atoms with Crippen molar-refractivity contribution in [3.8, 4) is 0 Å². The molecule has 0 aliphatic heterocycles. The first-order valence-corrected chi connectivity index (χ1v) is 41.0. The smallest absolute Gasteiger partial charge is 0.462 e. The molecule has 0 aliphatic rings. The molecule has 0 saturated heterocycles. The van der Waals surface area contributed by atoms with Crippen LogP contribution in [-0.2, 0) is 32.7 Å². The molecule has 0 rings (SSSR count). The Morgan fingerprint density at radius 1 is 0.299 bits per heavy atom. The Kier molecular flexibility index (Phi) is 73.2. The minimum Gasteiger partial charge on any atom is -0.462 e. The number of nitrogens with two attached hydrogens (primary N) is 1. The number of phosphoric acid groups is 1. The highest BCUT2D eigenvalue weighted by Crippen LogP contribution is 2.43. The van der Waals surface area contributed by atoms with Gasteiger partial charge >= 0.3 is 19.8 Å². The Bertz CT molecular complexity index is 1380. The first-order valence-electron chi connectivity index (χ1n) is 39.5.